The molecule has 2 amide bonds. The van der Waals surface area contributed by atoms with Crippen molar-refractivity contribution in [3.05, 3.63) is 35.2 Å². The number of hydrogen-bond acceptors (Lipinski definition) is 3. The Morgan fingerprint density at radius 3 is 2.74 bits per heavy atom. The van der Waals surface area contributed by atoms with Crippen LogP contribution in [0.5, 0.6) is 0 Å². The number of fused-ring (bicyclic) bond motifs is 1. The van der Waals surface area contributed by atoms with Crippen molar-refractivity contribution in [1.82, 2.24) is 10.6 Å². The quantitative estimate of drug-likeness (QED) is 0.742. The van der Waals surface area contributed by atoms with Gasteiger partial charge in [-0.3, -0.25) is 0 Å². The minimum Gasteiger partial charge on any atom is -0.387 e. The SMILES string of the molecule is O=C(NCC(O)c1csc2ccccc12)NC1CCCCCC1. The second kappa shape index (κ2) is 7.79. The lowest BCUT2D eigenvalue weighted by atomic mass is 10.1. The molecular weight excluding hydrogens is 308 g/mol. The Hall–Kier alpha value is -1.59. The summed E-state index contributed by atoms with van der Waals surface area (Å²) in [5.74, 6) is 0. The van der Waals surface area contributed by atoms with Crippen molar-refractivity contribution < 1.29 is 9.90 Å². The van der Waals surface area contributed by atoms with Crippen LogP contribution in [0.1, 0.15) is 50.2 Å². The number of rotatable bonds is 4. The van der Waals surface area contributed by atoms with Crippen molar-refractivity contribution in [3.63, 3.8) is 0 Å². The summed E-state index contributed by atoms with van der Waals surface area (Å²) in [6.45, 7) is 0.235. The molecule has 0 spiro atoms. The fourth-order valence-corrected chi connectivity index (χ4v) is 4.22. The summed E-state index contributed by atoms with van der Waals surface area (Å²) in [6, 6.07) is 8.12. The van der Waals surface area contributed by atoms with Gasteiger partial charge in [-0.2, -0.15) is 0 Å². The fourth-order valence-electron chi connectivity index (χ4n) is 3.22. The molecule has 0 saturated heterocycles. The van der Waals surface area contributed by atoms with Crippen molar-refractivity contribution in [1.29, 1.82) is 0 Å². The molecule has 23 heavy (non-hydrogen) atoms. The molecule has 1 atom stereocenters. The van der Waals surface area contributed by atoms with Crippen molar-refractivity contribution >= 4 is 27.5 Å². The minimum atomic E-state index is -0.675. The number of hydrogen-bond donors (Lipinski definition) is 3. The number of amides is 2. The third-order valence-electron chi connectivity index (χ3n) is 4.52. The lowest BCUT2D eigenvalue weighted by molar-refractivity contribution is 0.174. The maximum atomic E-state index is 12.0. The summed E-state index contributed by atoms with van der Waals surface area (Å²) in [5.41, 5.74) is 0.889. The van der Waals surface area contributed by atoms with Crippen molar-refractivity contribution in [2.45, 2.75) is 50.7 Å². The number of carbonyl (C=O) groups excluding carboxylic acids is 1. The highest BCUT2D eigenvalue weighted by Gasteiger charge is 2.17. The molecule has 1 aliphatic rings. The zero-order chi connectivity index (χ0) is 16.1. The zero-order valence-corrected chi connectivity index (χ0v) is 14.1. The predicted molar refractivity (Wildman–Crippen MR) is 94.8 cm³/mol. The van der Waals surface area contributed by atoms with Gasteiger partial charge in [-0.15, -0.1) is 11.3 Å². The molecule has 4 nitrogen and oxygen atoms in total. The van der Waals surface area contributed by atoms with Crippen LogP contribution in [0, 0.1) is 0 Å². The summed E-state index contributed by atoms with van der Waals surface area (Å²) in [7, 11) is 0. The third-order valence-corrected chi connectivity index (χ3v) is 5.50. The van der Waals surface area contributed by atoms with E-state index in [1.807, 2.05) is 29.6 Å². The van der Waals surface area contributed by atoms with Gasteiger partial charge in [0.1, 0.15) is 0 Å². The monoisotopic (exact) mass is 332 g/mol. The summed E-state index contributed by atoms with van der Waals surface area (Å²) >= 11 is 1.62. The maximum Gasteiger partial charge on any atom is 0.315 e. The first kappa shape index (κ1) is 16.3. The van der Waals surface area contributed by atoms with Crippen LogP contribution in [0.15, 0.2) is 29.6 Å². The Kier molecular flexibility index (Phi) is 5.51. The Labute approximate surface area is 140 Å². The maximum absolute atomic E-state index is 12.0. The van der Waals surface area contributed by atoms with Crippen LogP contribution >= 0.6 is 11.3 Å². The largest absolute Gasteiger partial charge is 0.387 e. The van der Waals surface area contributed by atoms with Gasteiger partial charge in [-0.25, -0.2) is 4.79 Å². The Balaban J connectivity index is 1.52. The fraction of sp³-hybridized carbons (Fsp3) is 0.500. The van der Waals surface area contributed by atoms with Gasteiger partial charge in [0.15, 0.2) is 0 Å². The molecule has 5 heteroatoms. The predicted octanol–water partition coefficient (Wildman–Crippen LogP) is 3.96. The van der Waals surface area contributed by atoms with Crippen LogP contribution in [0.2, 0.25) is 0 Å². The van der Waals surface area contributed by atoms with Crippen molar-refractivity contribution in [2.24, 2.45) is 0 Å². The molecule has 0 bridgehead atoms. The average Bonchev–Trinajstić information content (AvgIpc) is 2.83. The summed E-state index contributed by atoms with van der Waals surface area (Å²) in [4.78, 5) is 12.0. The van der Waals surface area contributed by atoms with Gasteiger partial charge < -0.3 is 15.7 Å². The van der Waals surface area contributed by atoms with E-state index in [1.54, 1.807) is 11.3 Å². The van der Waals surface area contributed by atoms with Gasteiger partial charge in [-0.05, 0) is 29.7 Å². The topological polar surface area (TPSA) is 61.4 Å². The zero-order valence-electron chi connectivity index (χ0n) is 13.3. The molecule has 1 saturated carbocycles. The lowest BCUT2D eigenvalue weighted by Crippen LogP contribution is -2.43. The van der Waals surface area contributed by atoms with Gasteiger partial charge in [-0.1, -0.05) is 43.9 Å². The smallest absolute Gasteiger partial charge is 0.315 e. The normalized spacial score (nSPS) is 17.6. The number of aliphatic hydroxyl groups is 1. The molecule has 124 valence electrons. The summed E-state index contributed by atoms with van der Waals surface area (Å²) < 4.78 is 1.16. The van der Waals surface area contributed by atoms with E-state index in [9.17, 15) is 9.90 Å². The first-order valence-corrected chi connectivity index (χ1v) is 9.30. The van der Waals surface area contributed by atoms with Crippen LogP contribution in [-0.4, -0.2) is 23.7 Å². The third kappa shape index (κ3) is 4.24. The Bertz CT molecular complexity index is 647. The first-order chi connectivity index (χ1) is 11.2. The highest BCUT2D eigenvalue weighted by atomic mass is 32.1. The van der Waals surface area contributed by atoms with Crippen LogP contribution < -0.4 is 10.6 Å². The molecule has 1 heterocycles. The van der Waals surface area contributed by atoms with Crippen LogP contribution in [0.4, 0.5) is 4.79 Å². The molecule has 0 aliphatic heterocycles. The van der Waals surface area contributed by atoms with E-state index in [0.29, 0.717) is 0 Å². The number of carbonyl (C=O) groups is 1. The molecule has 1 aliphatic carbocycles. The standard InChI is InChI=1S/C18H24N2O2S/c21-16(15-12-23-17-10-6-5-9-14(15)17)11-19-18(22)20-13-7-3-1-2-4-8-13/h5-6,9-10,12-13,16,21H,1-4,7-8,11H2,(H2,19,20,22). The number of thiophene rings is 1. The molecule has 0 radical (unpaired) electrons. The molecular formula is C18H24N2O2S. The van der Waals surface area contributed by atoms with E-state index in [-0.39, 0.29) is 18.6 Å². The first-order valence-electron chi connectivity index (χ1n) is 8.42. The van der Waals surface area contributed by atoms with E-state index in [4.69, 9.17) is 0 Å². The highest BCUT2D eigenvalue weighted by molar-refractivity contribution is 7.17. The molecule has 1 aromatic heterocycles. The average molecular weight is 332 g/mol. The van der Waals surface area contributed by atoms with E-state index in [2.05, 4.69) is 10.6 Å². The number of nitrogens with one attached hydrogen (secondary N) is 2. The van der Waals surface area contributed by atoms with Crippen LogP contribution in [-0.2, 0) is 0 Å². The van der Waals surface area contributed by atoms with Gasteiger partial charge in [0, 0.05) is 22.8 Å². The van der Waals surface area contributed by atoms with Crippen molar-refractivity contribution in [3.8, 4) is 0 Å². The van der Waals surface area contributed by atoms with Crippen LogP contribution in [0.3, 0.4) is 0 Å². The summed E-state index contributed by atoms with van der Waals surface area (Å²) in [5, 5.41) is 19.3. The van der Waals surface area contributed by atoms with E-state index < -0.39 is 6.10 Å². The molecule has 3 rings (SSSR count). The van der Waals surface area contributed by atoms with Crippen LogP contribution in [0.25, 0.3) is 10.1 Å². The number of benzene rings is 1. The van der Waals surface area contributed by atoms with E-state index >= 15 is 0 Å². The van der Waals surface area contributed by atoms with Gasteiger partial charge >= 0.3 is 6.03 Å². The second-order valence-corrected chi connectivity index (χ2v) is 7.16. The highest BCUT2D eigenvalue weighted by Crippen LogP contribution is 2.29. The number of aliphatic hydroxyl groups excluding tert-OH is 1. The minimum absolute atomic E-state index is 0.171. The molecule has 1 aromatic carbocycles. The van der Waals surface area contributed by atoms with E-state index in [0.717, 1.165) is 28.5 Å². The molecule has 1 unspecified atom stereocenters. The molecule has 1 fully saturated rings. The molecule has 2 aromatic rings. The second-order valence-electron chi connectivity index (χ2n) is 6.25. The van der Waals surface area contributed by atoms with Crippen molar-refractivity contribution in [2.75, 3.05) is 6.54 Å². The van der Waals surface area contributed by atoms with Gasteiger partial charge in [0.05, 0.1) is 6.10 Å². The Morgan fingerprint density at radius 2 is 1.96 bits per heavy atom. The Morgan fingerprint density at radius 1 is 1.22 bits per heavy atom. The summed E-state index contributed by atoms with van der Waals surface area (Å²) in [6.07, 6.45) is 6.36. The van der Waals surface area contributed by atoms with E-state index in [1.165, 1.54) is 25.7 Å². The molecule has 3 N–H and O–H groups in total. The lowest BCUT2D eigenvalue weighted by Gasteiger charge is -2.18. The number of urea groups is 1. The van der Waals surface area contributed by atoms with Gasteiger partial charge in [0.25, 0.3) is 0 Å². The van der Waals surface area contributed by atoms with Gasteiger partial charge in [0.2, 0.25) is 0 Å².